The molecule has 0 saturated heterocycles. The van der Waals surface area contributed by atoms with Gasteiger partial charge < -0.3 is 5.92 Å². The van der Waals surface area contributed by atoms with Gasteiger partial charge in [0.15, 0.2) is 0 Å². The first-order chi connectivity index (χ1) is 5.91. The van der Waals surface area contributed by atoms with Gasteiger partial charge in [-0.3, -0.25) is 0 Å². The van der Waals surface area contributed by atoms with Gasteiger partial charge in [-0.25, -0.2) is 0 Å². The van der Waals surface area contributed by atoms with Gasteiger partial charge in [-0.15, -0.1) is 0 Å². The molecule has 0 saturated carbocycles. The van der Waals surface area contributed by atoms with Crippen LogP contribution in [0.3, 0.4) is 0 Å². The van der Waals surface area contributed by atoms with Crippen molar-refractivity contribution in [2.75, 3.05) is 0 Å². The Morgan fingerprint density at radius 3 is 1.00 bits per heavy atom. The number of hydrogen-bond donors (Lipinski definition) is 0. The minimum Gasteiger partial charge on any atom is -0.313 e. The molecule has 84 valence electrons. The second kappa shape index (κ2) is 9.12. The van der Waals surface area contributed by atoms with E-state index < -0.39 is 0 Å². The van der Waals surface area contributed by atoms with Crippen LogP contribution in [0.2, 0.25) is 0 Å². The van der Waals surface area contributed by atoms with E-state index in [2.05, 4.69) is 41.5 Å². The van der Waals surface area contributed by atoms with Crippen molar-refractivity contribution < 1.29 is 25.8 Å². The third-order valence-electron chi connectivity index (χ3n) is 2.09. The molecule has 0 aromatic carbocycles. The van der Waals surface area contributed by atoms with Crippen LogP contribution in [0.1, 0.15) is 60.8 Å². The Kier molecular flexibility index (Phi) is 11.3. The molecule has 0 amide bonds. The van der Waals surface area contributed by atoms with Gasteiger partial charge in [0.05, 0.1) is 0 Å². The van der Waals surface area contributed by atoms with Crippen LogP contribution < -0.4 is 0 Å². The number of hydrogen-bond acceptors (Lipinski definition) is 0. The fourth-order valence-electron chi connectivity index (χ4n) is 1.98. The zero-order valence-corrected chi connectivity index (χ0v) is 14.4. The van der Waals surface area contributed by atoms with Gasteiger partial charge in [0.1, 0.15) is 0 Å². The first-order valence-electron chi connectivity index (χ1n) is 5.75. The van der Waals surface area contributed by atoms with Crippen LogP contribution in [-0.2, 0) is 25.8 Å². The standard InChI is InChI=1S/C13H27.Hf/c1-10(2)7-13(8-11(3)4)9-12(5)6;/h10-12H,7-9H2,1-6H3;/q-1;. The second-order valence-electron chi connectivity index (χ2n) is 5.54. The monoisotopic (exact) mass is 363 g/mol. The summed E-state index contributed by atoms with van der Waals surface area (Å²) in [5.41, 5.74) is 0. The van der Waals surface area contributed by atoms with Crippen molar-refractivity contribution in [3.8, 4) is 0 Å². The molecule has 0 aromatic rings. The Balaban J connectivity index is 0. The molecule has 14 heavy (non-hydrogen) atoms. The quantitative estimate of drug-likeness (QED) is 0.475. The fraction of sp³-hybridized carbons (Fsp3) is 0.923. The minimum absolute atomic E-state index is 0. The summed E-state index contributed by atoms with van der Waals surface area (Å²) < 4.78 is 0. The Morgan fingerprint density at radius 1 is 0.643 bits per heavy atom. The summed E-state index contributed by atoms with van der Waals surface area (Å²) in [6, 6.07) is 0. The fourth-order valence-corrected chi connectivity index (χ4v) is 1.98. The maximum absolute atomic E-state index is 2.32. The van der Waals surface area contributed by atoms with Gasteiger partial charge in [0.2, 0.25) is 0 Å². The molecular formula is C13H27Hf-. The summed E-state index contributed by atoms with van der Waals surface area (Å²) in [5, 5.41) is 0. The summed E-state index contributed by atoms with van der Waals surface area (Å²) in [6.07, 6.45) is 3.99. The first kappa shape index (κ1) is 17.3. The summed E-state index contributed by atoms with van der Waals surface area (Å²) in [7, 11) is 0. The minimum atomic E-state index is 0. The molecule has 0 unspecified atom stereocenters. The predicted molar refractivity (Wildman–Crippen MR) is 61.6 cm³/mol. The summed E-state index contributed by atoms with van der Waals surface area (Å²) in [4.78, 5) is 0. The molecule has 0 rings (SSSR count). The maximum Gasteiger partial charge on any atom is 0 e. The van der Waals surface area contributed by atoms with Crippen LogP contribution >= 0.6 is 0 Å². The SMILES string of the molecule is CC(C)C[C-](CC(C)C)CC(C)C.[Hf]. The topological polar surface area (TPSA) is 0 Å². The number of rotatable bonds is 6. The molecule has 0 aliphatic carbocycles. The van der Waals surface area contributed by atoms with Crippen molar-refractivity contribution >= 4 is 0 Å². The van der Waals surface area contributed by atoms with Crippen LogP contribution in [0.25, 0.3) is 0 Å². The van der Waals surface area contributed by atoms with Crippen molar-refractivity contribution in [2.24, 2.45) is 17.8 Å². The Labute approximate surface area is 110 Å². The molecule has 0 spiro atoms. The van der Waals surface area contributed by atoms with E-state index in [-0.39, 0.29) is 25.8 Å². The zero-order valence-electron chi connectivity index (χ0n) is 10.9. The molecule has 0 atom stereocenters. The van der Waals surface area contributed by atoms with E-state index in [9.17, 15) is 0 Å². The Bertz CT molecular complexity index is 92.6. The van der Waals surface area contributed by atoms with Gasteiger partial charge in [-0.1, -0.05) is 59.3 Å². The van der Waals surface area contributed by atoms with E-state index in [0.29, 0.717) is 0 Å². The van der Waals surface area contributed by atoms with Crippen LogP contribution in [0.4, 0.5) is 0 Å². The Morgan fingerprint density at radius 2 is 0.857 bits per heavy atom. The molecular weight excluding hydrogens is 335 g/mol. The van der Waals surface area contributed by atoms with E-state index in [0.717, 1.165) is 17.8 Å². The largest absolute Gasteiger partial charge is 0.313 e. The van der Waals surface area contributed by atoms with Crippen molar-refractivity contribution in [3.05, 3.63) is 5.92 Å². The van der Waals surface area contributed by atoms with Crippen molar-refractivity contribution in [3.63, 3.8) is 0 Å². The van der Waals surface area contributed by atoms with Crippen molar-refractivity contribution in [2.45, 2.75) is 60.8 Å². The summed E-state index contributed by atoms with van der Waals surface area (Å²) in [6.45, 7) is 13.9. The molecule has 0 aliphatic rings. The van der Waals surface area contributed by atoms with Crippen LogP contribution in [0, 0.1) is 23.7 Å². The third-order valence-corrected chi connectivity index (χ3v) is 2.09. The molecule has 0 nitrogen and oxygen atoms in total. The maximum atomic E-state index is 2.32. The smallest absolute Gasteiger partial charge is 0 e. The summed E-state index contributed by atoms with van der Waals surface area (Å²) >= 11 is 0. The van der Waals surface area contributed by atoms with E-state index in [1.807, 2.05) is 0 Å². The molecule has 1 heteroatoms. The van der Waals surface area contributed by atoms with Crippen molar-refractivity contribution in [1.29, 1.82) is 0 Å². The van der Waals surface area contributed by atoms with Crippen LogP contribution in [0.5, 0.6) is 0 Å². The van der Waals surface area contributed by atoms with E-state index in [4.69, 9.17) is 0 Å². The molecule has 0 aliphatic heterocycles. The van der Waals surface area contributed by atoms with Gasteiger partial charge in [-0.2, -0.15) is 19.3 Å². The van der Waals surface area contributed by atoms with E-state index >= 15 is 0 Å². The second-order valence-corrected chi connectivity index (χ2v) is 5.54. The first-order valence-corrected chi connectivity index (χ1v) is 5.75. The third kappa shape index (κ3) is 10.9. The van der Waals surface area contributed by atoms with Crippen LogP contribution in [0.15, 0.2) is 0 Å². The van der Waals surface area contributed by atoms with Gasteiger partial charge in [0.25, 0.3) is 0 Å². The van der Waals surface area contributed by atoms with Gasteiger partial charge >= 0.3 is 0 Å². The Hall–Kier alpha value is 0.870. The molecule has 0 heterocycles. The molecule has 0 fully saturated rings. The normalized spacial score (nSPS) is 11.6. The van der Waals surface area contributed by atoms with E-state index in [1.165, 1.54) is 19.3 Å². The van der Waals surface area contributed by atoms with Gasteiger partial charge in [-0.05, 0) is 0 Å². The van der Waals surface area contributed by atoms with E-state index in [1.54, 1.807) is 5.92 Å². The van der Waals surface area contributed by atoms with Gasteiger partial charge in [0, 0.05) is 25.8 Å². The summed E-state index contributed by atoms with van der Waals surface area (Å²) in [5.74, 6) is 4.26. The average Bonchev–Trinajstić information content (AvgIpc) is 1.80. The molecule has 0 radical (unpaired) electrons. The predicted octanol–water partition coefficient (Wildman–Crippen LogP) is 4.70. The average molecular weight is 362 g/mol. The van der Waals surface area contributed by atoms with Crippen molar-refractivity contribution in [1.82, 2.24) is 0 Å². The molecule has 0 aromatic heterocycles. The molecule has 0 N–H and O–H groups in total. The molecule has 0 bridgehead atoms. The van der Waals surface area contributed by atoms with Crippen LogP contribution in [-0.4, -0.2) is 0 Å². The zero-order chi connectivity index (χ0) is 10.4.